The van der Waals surface area contributed by atoms with Crippen LogP contribution in [0.5, 0.6) is 0 Å². The van der Waals surface area contributed by atoms with Crippen molar-refractivity contribution in [2.75, 3.05) is 37.8 Å². The summed E-state index contributed by atoms with van der Waals surface area (Å²) in [6.07, 6.45) is 0. The molecule has 21 heavy (non-hydrogen) atoms. The molecule has 0 aromatic carbocycles. The van der Waals surface area contributed by atoms with Crippen LogP contribution in [0, 0.1) is 5.92 Å². The zero-order valence-electron chi connectivity index (χ0n) is 12.9. The fourth-order valence-electron chi connectivity index (χ4n) is 2.65. The molecule has 1 atom stereocenters. The molecular weight excluding hydrogens is 290 g/mol. The van der Waals surface area contributed by atoms with Crippen LogP contribution >= 0.6 is 11.8 Å². The molecular formula is C14H23N3O3S. The summed E-state index contributed by atoms with van der Waals surface area (Å²) in [5, 5.41) is 0. The van der Waals surface area contributed by atoms with E-state index in [4.69, 9.17) is 0 Å². The van der Waals surface area contributed by atoms with Crippen LogP contribution in [0.25, 0.3) is 0 Å². The summed E-state index contributed by atoms with van der Waals surface area (Å²) in [4.78, 5) is 41.4. The van der Waals surface area contributed by atoms with Crippen LogP contribution in [-0.4, -0.2) is 76.3 Å². The van der Waals surface area contributed by atoms with E-state index in [-0.39, 0.29) is 29.7 Å². The van der Waals surface area contributed by atoms with Gasteiger partial charge in [-0.15, -0.1) is 11.8 Å². The van der Waals surface area contributed by atoms with E-state index in [1.165, 1.54) is 0 Å². The topological polar surface area (TPSA) is 60.9 Å². The molecule has 2 aliphatic heterocycles. The van der Waals surface area contributed by atoms with Gasteiger partial charge in [-0.3, -0.25) is 14.4 Å². The summed E-state index contributed by atoms with van der Waals surface area (Å²) in [5.74, 6) is 1.30. The van der Waals surface area contributed by atoms with Crippen LogP contribution in [0.2, 0.25) is 0 Å². The molecule has 0 aromatic rings. The Morgan fingerprint density at radius 3 is 2.14 bits per heavy atom. The Bertz CT molecular complexity index is 433. The molecule has 0 N–H and O–H groups in total. The fraction of sp³-hybridized carbons (Fsp3) is 0.786. The minimum absolute atomic E-state index is 0.0252. The van der Waals surface area contributed by atoms with E-state index < -0.39 is 0 Å². The second-order valence-electron chi connectivity index (χ2n) is 5.81. The Kier molecular flexibility index (Phi) is 5.13. The SMILES string of the molecule is CC(=O)N1CCN(C(=O)C2CSCN2C(=O)C(C)C)CC1. The maximum absolute atomic E-state index is 12.6. The van der Waals surface area contributed by atoms with Crippen LogP contribution < -0.4 is 0 Å². The number of hydrogen-bond acceptors (Lipinski definition) is 4. The first-order valence-corrected chi connectivity index (χ1v) is 8.49. The lowest BCUT2D eigenvalue weighted by molar-refractivity contribution is -0.147. The van der Waals surface area contributed by atoms with Gasteiger partial charge in [0, 0.05) is 44.8 Å². The van der Waals surface area contributed by atoms with Crippen molar-refractivity contribution >= 4 is 29.5 Å². The van der Waals surface area contributed by atoms with Gasteiger partial charge < -0.3 is 14.7 Å². The molecule has 0 spiro atoms. The monoisotopic (exact) mass is 313 g/mol. The number of piperazine rings is 1. The molecule has 7 heteroatoms. The molecule has 3 amide bonds. The predicted molar refractivity (Wildman–Crippen MR) is 81.6 cm³/mol. The van der Waals surface area contributed by atoms with Crippen LogP contribution in [0.1, 0.15) is 20.8 Å². The van der Waals surface area contributed by atoms with E-state index in [1.54, 1.807) is 33.4 Å². The van der Waals surface area contributed by atoms with Gasteiger partial charge >= 0.3 is 0 Å². The summed E-state index contributed by atoms with van der Waals surface area (Å²) in [6, 6.07) is -0.339. The number of thioether (sulfide) groups is 1. The van der Waals surface area contributed by atoms with Crippen molar-refractivity contribution in [2.45, 2.75) is 26.8 Å². The summed E-state index contributed by atoms with van der Waals surface area (Å²) in [5.41, 5.74) is 0. The first-order chi connectivity index (χ1) is 9.91. The lowest BCUT2D eigenvalue weighted by Crippen LogP contribution is -2.56. The van der Waals surface area contributed by atoms with Crippen LogP contribution in [0.3, 0.4) is 0 Å². The molecule has 0 bridgehead atoms. The van der Waals surface area contributed by atoms with Gasteiger partial charge in [0.15, 0.2) is 0 Å². The van der Waals surface area contributed by atoms with E-state index >= 15 is 0 Å². The van der Waals surface area contributed by atoms with Crippen molar-refractivity contribution in [3.63, 3.8) is 0 Å². The number of amides is 3. The lowest BCUT2D eigenvalue weighted by Gasteiger charge is -2.37. The molecule has 2 fully saturated rings. The number of carbonyl (C=O) groups is 3. The maximum atomic E-state index is 12.6. The minimum Gasteiger partial charge on any atom is -0.339 e. The molecule has 2 rings (SSSR count). The van der Waals surface area contributed by atoms with Crippen molar-refractivity contribution in [1.82, 2.24) is 14.7 Å². The van der Waals surface area contributed by atoms with Crippen LogP contribution in [0.15, 0.2) is 0 Å². The highest BCUT2D eigenvalue weighted by molar-refractivity contribution is 7.99. The largest absolute Gasteiger partial charge is 0.339 e. The van der Waals surface area contributed by atoms with Gasteiger partial charge in [0.05, 0.1) is 5.88 Å². The lowest BCUT2D eigenvalue weighted by atomic mass is 10.1. The van der Waals surface area contributed by atoms with E-state index in [0.717, 1.165) is 0 Å². The van der Waals surface area contributed by atoms with Gasteiger partial charge in [-0.2, -0.15) is 0 Å². The molecule has 0 radical (unpaired) electrons. The van der Waals surface area contributed by atoms with Crippen molar-refractivity contribution in [3.8, 4) is 0 Å². The zero-order valence-corrected chi connectivity index (χ0v) is 13.7. The first-order valence-electron chi connectivity index (χ1n) is 7.34. The van der Waals surface area contributed by atoms with Gasteiger partial charge in [0.2, 0.25) is 17.7 Å². The molecule has 0 aromatic heterocycles. The minimum atomic E-state index is -0.339. The summed E-state index contributed by atoms with van der Waals surface area (Å²) in [7, 11) is 0. The zero-order chi connectivity index (χ0) is 15.6. The molecule has 0 saturated carbocycles. The number of carbonyl (C=O) groups excluding carboxylic acids is 3. The summed E-state index contributed by atoms with van der Waals surface area (Å²) < 4.78 is 0. The summed E-state index contributed by atoms with van der Waals surface area (Å²) >= 11 is 1.63. The molecule has 0 aliphatic carbocycles. The fourth-order valence-corrected chi connectivity index (χ4v) is 3.80. The molecule has 6 nitrogen and oxygen atoms in total. The van der Waals surface area contributed by atoms with Crippen LogP contribution in [0.4, 0.5) is 0 Å². The maximum Gasteiger partial charge on any atom is 0.246 e. The number of hydrogen-bond donors (Lipinski definition) is 0. The molecule has 2 heterocycles. The summed E-state index contributed by atoms with van der Waals surface area (Å²) in [6.45, 7) is 7.55. The van der Waals surface area contributed by atoms with Crippen molar-refractivity contribution in [2.24, 2.45) is 5.92 Å². The Labute approximate surface area is 129 Å². The second kappa shape index (κ2) is 6.68. The molecule has 2 saturated heterocycles. The second-order valence-corrected chi connectivity index (χ2v) is 6.81. The number of rotatable bonds is 2. The average Bonchev–Trinajstić information content (AvgIpc) is 2.94. The Morgan fingerprint density at radius 1 is 1.05 bits per heavy atom. The highest BCUT2D eigenvalue weighted by Crippen LogP contribution is 2.24. The molecule has 2 aliphatic rings. The van der Waals surface area contributed by atoms with E-state index in [0.29, 0.717) is 37.8 Å². The molecule has 1 unspecified atom stereocenters. The van der Waals surface area contributed by atoms with Crippen LogP contribution in [-0.2, 0) is 14.4 Å². The first kappa shape index (κ1) is 16.1. The molecule has 118 valence electrons. The van der Waals surface area contributed by atoms with Gasteiger partial charge in [0.1, 0.15) is 6.04 Å². The highest BCUT2D eigenvalue weighted by atomic mass is 32.2. The Morgan fingerprint density at radius 2 is 1.62 bits per heavy atom. The highest BCUT2D eigenvalue weighted by Gasteiger charge is 2.38. The standard InChI is InChI=1S/C14H23N3O3S/c1-10(2)13(19)17-9-21-8-12(17)14(20)16-6-4-15(5-7-16)11(3)18/h10,12H,4-9H2,1-3H3. The van der Waals surface area contributed by atoms with Gasteiger partial charge in [-0.25, -0.2) is 0 Å². The van der Waals surface area contributed by atoms with Gasteiger partial charge in [0.25, 0.3) is 0 Å². The predicted octanol–water partition coefficient (Wildman–Crippen LogP) is 0.235. The van der Waals surface area contributed by atoms with Crippen molar-refractivity contribution in [1.29, 1.82) is 0 Å². The third-order valence-electron chi connectivity index (χ3n) is 3.98. The number of nitrogens with zero attached hydrogens (tertiary/aromatic N) is 3. The van der Waals surface area contributed by atoms with Crippen molar-refractivity contribution in [3.05, 3.63) is 0 Å². The van der Waals surface area contributed by atoms with Gasteiger partial charge in [-0.05, 0) is 0 Å². The smallest absolute Gasteiger partial charge is 0.246 e. The van der Waals surface area contributed by atoms with E-state index in [9.17, 15) is 14.4 Å². The normalized spacial score (nSPS) is 22.9. The van der Waals surface area contributed by atoms with E-state index in [1.807, 2.05) is 13.8 Å². The van der Waals surface area contributed by atoms with Crippen molar-refractivity contribution < 1.29 is 14.4 Å². The quantitative estimate of drug-likeness (QED) is 0.732. The third-order valence-corrected chi connectivity index (χ3v) is 4.99. The average molecular weight is 313 g/mol. The van der Waals surface area contributed by atoms with E-state index in [2.05, 4.69) is 0 Å². The van der Waals surface area contributed by atoms with Gasteiger partial charge in [-0.1, -0.05) is 13.8 Å². The Hall–Kier alpha value is -1.24. The third kappa shape index (κ3) is 3.51. The Balaban J connectivity index is 1.97.